The number of nitrogens with one attached hydrogen (secondary N) is 1. The molecule has 0 bridgehead atoms. The molecule has 3 aliphatic heterocycles. The van der Waals surface area contributed by atoms with Gasteiger partial charge >= 0.3 is 6.18 Å². The fourth-order valence-corrected chi connectivity index (χ4v) is 4.72. The van der Waals surface area contributed by atoms with Crippen molar-refractivity contribution in [3.8, 4) is 0 Å². The van der Waals surface area contributed by atoms with Gasteiger partial charge in [0.15, 0.2) is 6.29 Å². The second-order valence-electron chi connectivity index (χ2n) is 8.47. The highest BCUT2D eigenvalue weighted by molar-refractivity contribution is 5.96. The molecule has 0 radical (unpaired) electrons. The minimum absolute atomic E-state index is 0.00919. The minimum atomic E-state index is -4.46. The molecule has 0 spiro atoms. The molecule has 3 fully saturated rings. The zero-order valence-corrected chi connectivity index (χ0v) is 17.6. The molecule has 31 heavy (non-hydrogen) atoms. The van der Waals surface area contributed by atoms with Crippen molar-refractivity contribution >= 4 is 17.3 Å². The van der Waals surface area contributed by atoms with Gasteiger partial charge in [-0.05, 0) is 56.8 Å². The monoisotopic (exact) mass is 441 g/mol. The lowest BCUT2D eigenvalue weighted by molar-refractivity contribution is -0.137. The summed E-state index contributed by atoms with van der Waals surface area (Å²) in [5.74, 6) is -0.317. The number of anilines is 2. The van der Waals surface area contributed by atoms with Crippen LogP contribution in [0.2, 0.25) is 0 Å². The van der Waals surface area contributed by atoms with Crippen LogP contribution in [-0.2, 0) is 20.4 Å². The second-order valence-corrected chi connectivity index (χ2v) is 8.47. The Morgan fingerprint density at radius 2 is 1.74 bits per heavy atom. The SMILES string of the molecule is O=C(CN1CCCCC1C1OCCO1)Nc1cc(C(F)(F)F)ccc1N1CCCCC1. The Hall–Kier alpha value is -1.84. The van der Waals surface area contributed by atoms with Crippen LogP contribution < -0.4 is 10.2 Å². The van der Waals surface area contributed by atoms with Crippen molar-refractivity contribution in [1.82, 2.24) is 4.90 Å². The Morgan fingerprint density at radius 1 is 1.03 bits per heavy atom. The van der Waals surface area contributed by atoms with Crippen LogP contribution in [0.15, 0.2) is 18.2 Å². The Labute approximate surface area is 180 Å². The summed E-state index contributed by atoms with van der Waals surface area (Å²) in [6.45, 7) is 3.49. The third-order valence-corrected chi connectivity index (χ3v) is 6.27. The average molecular weight is 441 g/mol. The third-order valence-electron chi connectivity index (χ3n) is 6.27. The Kier molecular flexibility index (Phi) is 7.03. The lowest BCUT2D eigenvalue weighted by Crippen LogP contribution is -2.50. The quantitative estimate of drug-likeness (QED) is 0.752. The summed E-state index contributed by atoms with van der Waals surface area (Å²) in [4.78, 5) is 17.0. The number of rotatable bonds is 5. The molecule has 1 unspecified atom stereocenters. The minimum Gasteiger partial charge on any atom is -0.370 e. The number of hydrogen-bond acceptors (Lipinski definition) is 5. The first-order valence-electron chi connectivity index (χ1n) is 11.1. The lowest BCUT2D eigenvalue weighted by Gasteiger charge is -2.37. The maximum atomic E-state index is 13.3. The van der Waals surface area contributed by atoms with Gasteiger partial charge in [0.05, 0.1) is 42.7 Å². The van der Waals surface area contributed by atoms with Crippen molar-refractivity contribution in [2.75, 3.05) is 49.6 Å². The van der Waals surface area contributed by atoms with Crippen LogP contribution >= 0.6 is 0 Å². The average Bonchev–Trinajstić information content (AvgIpc) is 3.29. The molecule has 1 aromatic rings. The van der Waals surface area contributed by atoms with E-state index in [-0.39, 0.29) is 30.5 Å². The Morgan fingerprint density at radius 3 is 2.45 bits per heavy atom. The number of likely N-dealkylation sites (tertiary alicyclic amines) is 1. The van der Waals surface area contributed by atoms with E-state index < -0.39 is 11.7 Å². The number of hydrogen-bond donors (Lipinski definition) is 1. The standard InChI is InChI=1S/C22H30F3N3O3/c23-22(24,25)16-7-8-18(27-9-3-1-4-10-27)17(14-16)26-20(29)15-28-11-5-2-6-19(28)21-30-12-13-31-21/h7-8,14,19,21H,1-6,9-13,15H2,(H,26,29). The second kappa shape index (κ2) is 9.75. The summed E-state index contributed by atoms with van der Waals surface area (Å²) in [5.41, 5.74) is 0.120. The van der Waals surface area contributed by atoms with E-state index in [9.17, 15) is 18.0 Å². The van der Waals surface area contributed by atoms with Gasteiger partial charge in [-0.15, -0.1) is 0 Å². The molecule has 3 saturated heterocycles. The van der Waals surface area contributed by atoms with E-state index in [1.165, 1.54) is 6.07 Å². The van der Waals surface area contributed by atoms with Gasteiger partial charge in [-0.25, -0.2) is 0 Å². The summed E-state index contributed by atoms with van der Waals surface area (Å²) in [7, 11) is 0. The maximum absolute atomic E-state index is 13.3. The summed E-state index contributed by atoms with van der Waals surface area (Å²) >= 11 is 0. The van der Waals surface area contributed by atoms with Gasteiger partial charge in [0, 0.05) is 13.1 Å². The van der Waals surface area contributed by atoms with Crippen molar-refractivity contribution in [2.45, 2.75) is 57.0 Å². The van der Waals surface area contributed by atoms with Crippen LogP contribution in [-0.4, -0.2) is 62.5 Å². The van der Waals surface area contributed by atoms with Gasteiger partial charge in [0.1, 0.15) is 0 Å². The Balaban J connectivity index is 1.50. The summed E-state index contributed by atoms with van der Waals surface area (Å²) < 4.78 is 51.2. The molecule has 1 atom stereocenters. The van der Waals surface area contributed by atoms with Gasteiger partial charge < -0.3 is 19.7 Å². The van der Waals surface area contributed by atoms with Crippen LogP contribution in [0, 0.1) is 0 Å². The molecule has 3 heterocycles. The number of carbonyl (C=O) groups is 1. The Bertz CT molecular complexity index is 762. The van der Waals surface area contributed by atoms with Gasteiger partial charge in [-0.3, -0.25) is 9.69 Å². The van der Waals surface area contributed by atoms with Gasteiger partial charge in [-0.1, -0.05) is 6.42 Å². The van der Waals surface area contributed by atoms with E-state index in [0.29, 0.717) is 18.9 Å². The highest BCUT2D eigenvalue weighted by atomic mass is 19.4. The van der Waals surface area contributed by atoms with E-state index in [1.54, 1.807) is 0 Å². The zero-order chi connectivity index (χ0) is 21.8. The summed E-state index contributed by atoms with van der Waals surface area (Å²) in [5, 5.41) is 2.77. The van der Waals surface area contributed by atoms with Crippen molar-refractivity contribution in [1.29, 1.82) is 0 Å². The largest absolute Gasteiger partial charge is 0.416 e. The molecule has 172 valence electrons. The molecule has 4 rings (SSSR count). The molecule has 9 heteroatoms. The van der Waals surface area contributed by atoms with Crippen LogP contribution in [0.4, 0.5) is 24.5 Å². The molecule has 0 aliphatic carbocycles. The van der Waals surface area contributed by atoms with E-state index >= 15 is 0 Å². The van der Waals surface area contributed by atoms with Crippen LogP contribution in [0.25, 0.3) is 0 Å². The van der Waals surface area contributed by atoms with E-state index in [1.807, 2.05) is 4.90 Å². The first kappa shape index (κ1) is 22.4. The number of alkyl halides is 3. The summed E-state index contributed by atoms with van der Waals surface area (Å²) in [6, 6.07) is 3.62. The fourth-order valence-electron chi connectivity index (χ4n) is 4.72. The van der Waals surface area contributed by atoms with Crippen molar-refractivity contribution < 1.29 is 27.4 Å². The van der Waals surface area contributed by atoms with Crippen LogP contribution in [0.5, 0.6) is 0 Å². The smallest absolute Gasteiger partial charge is 0.370 e. The molecule has 1 N–H and O–H groups in total. The van der Waals surface area contributed by atoms with Crippen LogP contribution in [0.1, 0.15) is 44.1 Å². The van der Waals surface area contributed by atoms with Gasteiger partial charge in [0.2, 0.25) is 5.91 Å². The first-order valence-corrected chi connectivity index (χ1v) is 11.1. The molecular formula is C22H30F3N3O3. The van der Waals surface area contributed by atoms with E-state index in [0.717, 1.165) is 70.3 Å². The highest BCUT2D eigenvalue weighted by Gasteiger charge is 2.35. The van der Waals surface area contributed by atoms with Crippen molar-refractivity contribution in [3.05, 3.63) is 23.8 Å². The number of piperidine rings is 2. The maximum Gasteiger partial charge on any atom is 0.416 e. The molecule has 1 aromatic carbocycles. The fraction of sp³-hybridized carbons (Fsp3) is 0.682. The molecule has 0 aromatic heterocycles. The number of nitrogens with zero attached hydrogens (tertiary/aromatic N) is 2. The van der Waals surface area contributed by atoms with Crippen molar-refractivity contribution in [2.24, 2.45) is 0 Å². The predicted octanol–water partition coefficient (Wildman–Crippen LogP) is 3.86. The van der Waals surface area contributed by atoms with Gasteiger partial charge in [0.25, 0.3) is 0 Å². The molecule has 1 amide bonds. The van der Waals surface area contributed by atoms with Crippen LogP contribution in [0.3, 0.4) is 0 Å². The topological polar surface area (TPSA) is 54.0 Å². The van der Waals surface area contributed by atoms with E-state index in [4.69, 9.17) is 9.47 Å². The van der Waals surface area contributed by atoms with E-state index in [2.05, 4.69) is 10.2 Å². The molecule has 6 nitrogen and oxygen atoms in total. The number of amides is 1. The third kappa shape index (κ3) is 5.51. The normalized spacial score (nSPS) is 23.8. The number of benzene rings is 1. The number of carbonyl (C=O) groups excluding carboxylic acids is 1. The van der Waals surface area contributed by atoms with Gasteiger partial charge in [-0.2, -0.15) is 13.2 Å². The molecular weight excluding hydrogens is 411 g/mol. The first-order chi connectivity index (χ1) is 14.9. The predicted molar refractivity (Wildman–Crippen MR) is 111 cm³/mol. The number of halogens is 3. The summed E-state index contributed by atoms with van der Waals surface area (Å²) in [6.07, 6.45) is 1.18. The highest BCUT2D eigenvalue weighted by Crippen LogP contribution is 2.36. The molecule has 3 aliphatic rings. The number of ether oxygens (including phenoxy) is 2. The molecule has 0 saturated carbocycles. The van der Waals surface area contributed by atoms with Crippen molar-refractivity contribution in [3.63, 3.8) is 0 Å². The lowest BCUT2D eigenvalue weighted by atomic mass is 10.0. The zero-order valence-electron chi connectivity index (χ0n) is 17.6.